The maximum absolute atomic E-state index is 10.4. The highest BCUT2D eigenvalue weighted by Crippen LogP contribution is 2.11. The smallest absolute Gasteiger partial charge is 0.245 e. The van der Waals surface area contributed by atoms with Gasteiger partial charge in [-0.25, -0.2) is 0 Å². The van der Waals surface area contributed by atoms with Crippen LogP contribution in [0.25, 0.3) is 0 Å². The van der Waals surface area contributed by atoms with Crippen molar-refractivity contribution in [3.05, 3.63) is 0 Å². The maximum Gasteiger partial charge on any atom is 0.245 e. The van der Waals surface area contributed by atoms with Gasteiger partial charge in [-0.15, -0.1) is 0 Å². The van der Waals surface area contributed by atoms with Crippen LogP contribution in [-0.4, -0.2) is 4.89 Å². The van der Waals surface area contributed by atoms with Gasteiger partial charge in [0.2, 0.25) is 7.23 Å². The van der Waals surface area contributed by atoms with Gasteiger partial charge in [0, 0.05) is 0 Å². The molecule has 1 unspecified atom stereocenters. The lowest BCUT2D eigenvalue weighted by Gasteiger charge is -1.57. The van der Waals surface area contributed by atoms with Crippen molar-refractivity contribution in [2.45, 2.75) is 0 Å². The van der Waals surface area contributed by atoms with Gasteiger partial charge in [-0.2, -0.15) is 4.20 Å². The molecule has 0 fully saturated rings. The van der Waals surface area contributed by atoms with Gasteiger partial charge in [0.05, 0.1) is 0 Å². The second kappa shape index (κ2) is 1.70. The summed E-state index contributed by atoms with van der Waals surface area (Å²) in [6, 6.07) is 0. The van der Waals surface area contributed by atoms with Crippen molar-refractivity contribution < 1.29 is 9.09 Å². The van der Waals surface area contributed by atoms with Crippen molar-refractivity contribution >= 4 is 19.0 Å². The van der Waals surface area contributed by atoms with Crippen LogP contribution < -0.4 is 0 Å². The fourth-order valence-electron chi connectivity index (χ4n) is 0. The van der Waals surface area contributed by atoms with E-state index in [1.165, 1.54) is 0 Å². The van der Waals surface area contributed by atoms with E-state index in [0.717, 1.165) is 0 Å². The standard InChI is InChI=1S/FHOPS/c1-3(2)4/h(H,2,4). The first-order valence-corrected chi connectivity index (χ1v) is 2.75. The maximum atomic E-state index is 10.4. The van der Waals surface area contributed by atoms with Gasteiger partial charge < -0.3 is 4.89 Å². The lowest BCUT2D eigenvalue weighted by molar-refractivity contribution is 0.593. The first-order valence-electron chi connectivity index (χ1n) is 0.552. The van der Waals surface area contributed by atoms with Crippen LogP contribution in [0.15, 0.2) is 0 Å². The van der Waals surface area contributed by atoms with E-state index in [-0.39, 0.29) is 0 Å². The third kappa shape index (κ3) is 28.5. The van der Waals surface area contributed by atoms with Crippen molar-refractivity contribution in [1.29, 1.82) is 0 Å². The molecule has 1 radical (unpaired) electrons. The summed E-state index contributed by atoms with van der Waals surface area (Å²) in [5.74, 6) is 0. The van der Waals surface area contributed by atoms with E-state index in [2.05, 4.69) is 11.8 Å². The predicted octanol–water partition coefficient (Wildman–Crippen LogP) is 0.722. The molecule has 0 saturated heterocycles. The Labute approximate surface area is 29.1 Å². The Bertz CT molecular complexity index is 31.0. The average Bonchev–Trinajstić information content (AvgIpc) is 0.811. The molecule has 0 rings (SSSR count). The molecule has 0 heterocycles. The monoisotopic (exact) mass is 98.9 g/mol. The van der Waals surface area contributed by atoms with Crippen LogP contribution >= 0.6 is 7.23 Å². The van der Waals surface area contributed by atoms with Crippen molar-refractivity contribution in [3.63, 3.8) is 0 Å². The Morgan fingerprint density at radius 3 is 2.00 bits per heavy atom. The van der Waals surface area contributed by atoms with Gasteiger partial charge in [-0.1, -0.05) is 0 Å². The molecule has 1 nitrogen and oxygen atoms in total. The van der Waals surface area contributed by atoms with Crippen molar-refractivity contribution in [2.75, 3.05) is 0 Å². The van der Waals surface area contributed by atoms with Crippen LogP contribution in [0.5, 0.6) is 0 Å². The van der Waals surface area contributed by atoms with Crippen LogP contribution in [-0.2, 0) is 11.8 Å². The van der Waals surface area contributed by atoms with Crippen LogP contribution in [0, 0.1) is 0 Å². The second-order valence-electron chi connectivity index (χ2n) is 0.226. The molecule has 0 aromatic carbocycles. The topological polar surface area (TPSA) is 20.2 Å². The SMILES string of the molecule is O[P](F)=S. The molecule has 0 aliphatic rings. The fraction of sp³-hybridized carbons (Fsp3) is 0. The molecule has 1 N–H and O–H groups in total. The number of hydrogen-bond acceptors (Lipinski definition) is 1. The summed E-state index contributed by atoms with van der Waals surface area (Å²) in [7, 11) is -2.54. The Morgan fingerprint density at radius 1 is 2.00 bits per heavy atom. The molecule has 0 bridgehead atoms. The van der Waals surface area contributed by atoms with E-state index < -0.39 is 7.23 Å². The molecule has 0 aromatic rings. The van der Waals surface area contributed by atoms with Crippen molar-refractivity contribution in [2.24, 2.45) is 0 Å². The molecule has 4 heteroatoms. The van der Waals surface area contributed by atoms with E-state index in [4.69, 9.17) is 4.89 Å². The minimum absolute atomic E-state index is 2.54. The first kappa shape index (κ1) is 4.41. The molecule has 0 amide bonds. The van der Waals surface area contributed by atoms with Crippen LogP contribution in [0.2, 0.25) is 0 Å². The van der Waals surface area contributed by atoms with E-state index in [0.29, 0.717) is 0 Å². The minimum Gasteiger partial charge on any atom is -0.317 e. The summed E-state index contributed by atoms with van der Waals surface area (Å²) in [5, 5.41) is 0. The van der Waals surface area contributed by atoms with Crippen molar-refractivity contribution in [1.82, 2.24) is 0 Å². The number of rotatable bonds is 0. The van der Waals surface area contributed by atoms with E-state index in [1.807, 2.05) is 0 Å². The predicted molar refractivity (Wildman–Crippen MR) is 17.6 cm³/mol. The fourth-order valence-corrected chi connectivity index (χ4v) is 0. The largest absolute Gasteiger partial charge is 0.317 e. The summed E-state index contributed by atoms with van der Waals surface area (Å²) < 4.78 is 10.4. The van der Waals surface area contributed by atoms with Gasteiger partial charge >= 0.3 is 0 Å². The van der Waals surface area contributed by atoms with E-state index in [9.17, 15) is 4.20 Å². The minimum atomic E-state index is -2.54. The summed E-state index contributed by atoms with van der Waals surface area (Å²) in [6.45, 7) is 0. The van der Waals surface area contributed by atoms with Gasteiger partial charge in [-0.3, -0.25) is 0 Å². The quantitative estimate of drug-likeness (QED) is 0.451. The zero-order chi connectivity index (χ0) is 3.58. The van der Waals surface area contributed by atoms with E-state index >= 15 is 0 Å². The number of halogens is 1. The van der Waals surface area contributed by atoms with E-state index in [1.54, 1.807) is 0 Å². The molecular weight excluding hydrogens is 98.0 g/mol. The highest BCUT2D eigenvalue weighted by atomic mass is 32.4. The number of hydrogen-bond donors (Lipinski definition) is 1. The molecule has 0 aliphatic heterocycles. The summed E-state index contributed by atoms with van der Waals surface area (Å²) in [5.41, 5.74) is 0. The zero-order valence-electron chi connectivity index (χ0n) is 1.68. The first-order chi connectivity index (χ1) is 1.73. The molecule has 0 spiro atoms. The zero-order valence-corrected chi connectivity index (χ0v) is 3.39. The Hall–Kier alpha value is 0.410. The molecule has 25 valence electrons. The third-order valence-corrected chi connectivity index (χ3v) is 0. The molecule has 1 atom stereocenters. The van der Waals surface area contributed by atoms with Crippen LogP contribution in [0.1, 0.15) is 0 Å². The Balaban J connectivity index is 2.80. The van der Waals surface area contributed by atoms with Crippen LogP contribution in [0.3, 0.4) is 0 Å². The van der Waals surface area contributed by atoms with Crippen LogP contribution in [0.4, 0.5) is 4.20 Å². The molecule has 0 saturated carbocycles. The van der Waals surface area contributed by atoms with Gasteiger partial charge in [0.15, 0.2) is 0 Å². The highest BCUT2D eigenvalue weighted by Gasteiger charge is 1.63. The molecule has 4 heavy (non-hydrogen) atoms. The Kier molecular flexibility index (Phi) is 1.88. The normalized spacial score (nSPS) is 11.0. The lowest BCUT2D eigenvalue weighted by Crippen LogP contribution is -1.22. The van der Waals surface area contributed by atoms with Gasteiger partial charge in [-0.05, 0) is 11.8 Å². The van der Waals surface area contributed by atoms with Crippen molar-refractivity contribution in [3.8, 4) is 0 Å². The van der Waals surface area contributed by atoms with Gasteiger partial charge in [0.1, 0.15) is 0 Å². The molecular formula is HFOPS. The highest BCUT2D eigenvalue weighted by molar-refractivity contribution is 8.00. The molecule has 0 aliphatic carbocycles. The average molecular weight is 99.0 g/mol. The molecule has 0 aromatic heterocycles. The second-order valence-corrected chi connectivity index (χ2v) is 1.58. The lowest BCUT2D eigenvalue weighted by atomic mass is 15.9. The summed E-state index contributed by atoms with van der Waals surface area (Å²) >= 11 is 3.57. The third-order valence-electron chi connectivity index (χ3n) is 0. The van der Waals surface area contributed by atoms with Gasteiger partial charge in [0.25, 0.3) is 0 Å². The summed E-state index contributed by atoms with van der Waals surface area (Å²) in [6.07, 6.45) is 0. The Morgan fingerprint density at radius 2 is 2.00 bits per heavy atom. The summed E-state index contributed by atoms with van der Waals surface area (Å²) in [4.78, 5) is 7.27.